The fraction of sp³-hybridized carbons (Fsp3) is 0.304. The Labute approximate surface area is 190 Å². The van der Waals surface area contributed by atoms with Crippen molar-refractivity contribution in [1.29, 1.82) is 0 Å². The van der Waals surface area contributed by atoms with E-state index in [1.54, 1.807) is 31.9 Å². The lowest BCUT2D eigenvalue weighted by Gasteiger charge is -2.16. The van der Waals surface area contributed by atoms with Crippen molar-refractivity contribution in [2.75, 3.05) is 25.5 Å². The maximum absolute atomic E-state index is 12.0. The van der Waals surface area contributed by atoms with Crippen LogP contribution in [0.25, 0.3) is 22.6 Å². The summed E-state index contributed by atoms with van der Waals surface area (Å²) in [5.74, 6) is 1.89. The Balaban J connectivity index is 1.49. The van der Waals surface area contributed by atoms with Gasteiger partial charge in [0.15, 0.2) is 17.3 Å². The number of aromatic nitrogens is 6. The molecule has 1 saturated heterocycles. The van der Waals surface area contributed by atoms with Crippen LogP contribution in [0.4, 0.5) is 5.82 Å². The van der Waals surface area contributed by atoms with Gasteiger partial charge in [-0.1, -0.05) is 6.07 Å². The lowest BCUT2D eigenvalue weighted by atomic mass is 10.2. The number of carbonyl (C=O) groups excluding carboxylic acids is 1. The molecule has 0 aromatic carbocycles. The van der Waals surface area contributed by atoms with Crippen molar-refractivity contribution in [1.82, 2.24) is 34.4 Å². The summed E-state index contributed by atoms with van der Waals surface area (Å²) in [7, 11) is 1.58. The normalized spacial score (nSPS) is 13.6. The van der Waals surface area contributed by atoms with Gasteiger partial charge in [0, 0.05) is 62.8 Å². The molecular weight excluding hydrogens is 420 g/mol. The Hall–Kier alpha value is -4.08. The molecule has 0 unspecified atom stereocenters. The number of pyridine rings is 2. The van der Waals surface area contributed by atoms with Gasteiger partial charge in [0.1, 0.15) is 5.52 Å². The van der Waals surface area contributed by atoms with Gasteiger partial charge in [0.25, 0.3) is 0 Å². The molecule has 10 nitrogen and oxygen atoms in total. The minimum absolute atomic E-state index is 0.206. The molecular formula is C23H24N8O2. The van der Waals surface area contributed by atoms with E-state index in [4.69, 9.17) is 14.7 Å². The minimum Gasteiger partial charge on any atom is -0.481 e. The van der Waals surface area contributed by atoms with E-state index >= 15 is 0 Å². The molecule has 0 bridgehead atoms. The third-order valence-electron chi connectivity index (χ3n) is 5.63. The van der Waals surface area contributed by atoms with Crippen LogP contribution < -0.4 is 10.1 Å². The largest absolute Gasteiger partial charge is 0.481 e. The molecule has 1 aliphatic heterocycles. The van der Waals surface area contributed by atoms with E-state index in [1.165, 1.54) is 0 Å². The second kappa shape index (κ2) is 9.19. The molecule has 1 fully saturated rings. The summed E-state index contributed by atoms with van der Waals surface area (Å²) in [6.07, 6.45) is 8.55. The number of hydrogen-bond donors (Lipinski definition) is 1. The highest BCUT2D eigenvalue weighted by Crippen LogP contribution is 2.25. The van der Waals surface area contributed by atoms with Crippen molar-refractivity contribution in [3.8, 4) is 17.3 Å². The van der Waals surface area contributed by atoms with Crippen LogP contribution in [0.15, 0.2) is 49.2 Å². The summed E-state index contributed by atoms with van der Waals surface area (Å²) >= 11 is 0. The van der Waals surface area contributed by atoms with E-state index in [0.29, 0.717) is 54.7 Å². The summed E-state index contributed by atoms with van der Waals surface area (Å²) in [5, 5.41) is 3.38. The van der Waals surface area contributed by atoms with E-state index in [2.05, 4.69) is 20.3 Å². The van der Waals surface area contributed by atoms with Gasteiger partial charge in [0.05, 0.1) is 13.4 Å². The molecule has 5 heterocycles. The third kappa shape index (κ3) is 4.45. The average Bonchev–Trinajstić information content (AvgIpc) is 3.47. The third-order valence-corrected chi connectivity index (χ3v) is 5.63. The molecule has 1 aliphatic rings. The predicted octanol–water partition coefficient (Wildman–Crippen LogP) is 2.53. The molecule has 168 valence electrons. The van der Waals surface area contributed by atoms with Crippen LogP contribution in [-0.4, -0.2) is 60.5 Å². The zero-order chi connectivity index (χ0) is 22.6. The first kappa shape index (κ1) is 20.8. The molecule has 33 heavy (non-hydrogen) atoms. The molecule has 4 aromatic heterocycles. The Bertz CT molecular complexity index is 1260. The van der Waals surface area contributed by atoms with Crippen LogP contribution in [0.1, 0.15) is 18.4 Å². The number of imidazole rings is 1. The zero-order valence-electron chi connectivity index (χ0n) is 18.3. The molecule has 0 atom stereocenters. The first-order chi connectivity index (χ1) is 16.2. The summed E-state index contributed by atoms with van der Waals surface area (Å²) in [5.41, 5.74) is 3.18. The Kier molecular flexibility index (Phi) is 5.79. The SMILES string of the molecule is COc1ccc(-c2nc(NCc3cccnc3)c3ncn(CCN4CCCC4=O)c3n2)cn1. The second-order valence-corrected chi connectivity index (χ2v) is 7.79. The molecule has 0 spiro atoms. The van der Waals surface area contributed by atoms with Gasteiger partial charge in [-0.2, -0.15) is 0 Å². The fourth-order valence-corrected chi connectivity index (χ4v) is 3.85. The van der Waals surface area contributed by atoms with Crippen LogP contribution in [0.5, 0.6) is 5.88 Å². The van der Waals surface area contributed by atoms with E-state index in [9.17, 15) is 4.79 Å². The zero-order valence-corrected chi connectivity index (χ0v) is 18.3. The number of anilines is 1. The number of methoxy groups -OCH3 is 1. The smallest absolute Gasteiger partial charge is 0.222 e. The van der Waals surface area contributed by atoms with Gasteiger partial charge >= 0.3 is 0 Å². The van der Waals surface area contributed by atoms with E-state index < -0.39 is 0 Å². The number of amides is 1. The van der Waals surface area contributed by atoms with Crippen LogP contribution in [0.3, 0.4) is 0 Å². The number of likely N-dealkylation sites (tertiary alicyclic amines) is 1. The summed E-state index contributed by atoms with van der Waals surface area (Å²) in [6, 6.07) is 7.55. The highest BCUT2D eigenvalue weighted by Gasteiger charge is 2.21. The molecule has 0 radical (unpaired) electrons. The minimum atomic E-state index is 0.206. The fourth-order valence-electron chi connectivity index (χ4n) is 3.85. The van der Waals surface area contributed by atoms with Crippen LogP contribution in [0.2, 0.25) is 0 Å². The average molecular weight is 444 g/mol. The first-order valence-corrected chi connectivity index (χ1v) is 10.8. The lowest BCUT2D eigenvalue weighted by molar-refractivity contribution is -0.127. The van der Waals surface area contributed by atoms with E-state index in [-0.39, 0.29) is 5.91 Å². The number of ether oxygens (including phenoxy) is 1. The van der Waals surface area contributed by atoms with Crippen molar-refractivity contribution in [3.05, 3.63) is 54.7 Å². The summed E-state index contributed by atoms with van der Waals surface area (Å²) in [6.45, 7) is 2.60. The topological polar surface area (TPSA) is 111 Å². The summed E-state index contributed by atoms with van der Waals surface area (Å²) < 4.78 is 7.14. The van der Waals surface area contributed by atoms with Crippen molar-refractivity contribution < 1.29 is 9.53 Å². The van der Waals surface area contributed by atoms with Gasteiger partial charge in [-0.25, -0.2) is 19.9 Å². The Morgan fingerprint density at radius 1 is 1.12 bits per heavy atom. The summed E-state index contributed by atoms with van der Waals surface area (Å²) in [4.78, 5) is 36.5. The van der Waals surface area contributed by atoms with Crippen molar-refractivity contribution in [2.24, 2.45) is 0 Å². The first-order valence-electron chi connectivity index (χ1n) is 10.8. The number of nitrogens with one attached hydrogen (secondary N) is 1. The van der Waals surface area contributed by atoms with Crippen molar-refractivity contribution >= 4 is 22.9 Å². The number of carbonyl (C=O) groups is 1. The number of rotatable bonds is 8. The lowest BCUT2D eigenvalue weighted by Crippen LogP contribution is -2.28. The molecule has 1 N–H and O–H groups in total. The van der Waals surface area contributed by atoms with Gasteiger partial charge in [0.2, 0.25) is 11.8 Å². The highest BCUT2D eigenvalue weighted by atomic mass is 16.5. The highest BCUT2D eigenvalue weighted by molar-refractivity contribution is 5.85. The Morgan fingerprint density at radius 3 is 2.79 bits per heavy atom. The second-order valence-electron chi connectivity index (χ2n) is 7.79. The van der Waals surface area contributed by atoms with Crippen LogP contribution in [-0.2, 0) is 17.9 Å². The molecule has 5 rings (SSSR count). The molecule has 0 aliphatic carbocycles. The molecule has 4 aromatic rings. The molecule has 10 heteroatoms. The predicted molar refractivity (Wildman–Crippen MR) is 122 cm³/mol. The molecule has 0 saturated carbocycles. The van der Waals surface area contributed by atoms with Crippen LogP contribution in [0, 0.1) is 0 Å². The standard InChI is InChI=1S/C23H24N8O2/c1-33-18-7-6-17(14-25-18)21-28-22(26-13-16-4-2-8-24-12-16)20-23(29-21)31(15-27-20)11-10-30-9-3-5-19(30)32/h2,4,6-8,12,14-15H,3,5,9-11,13H2,1H3,(H,26,28,29). The number of hydrogen-bond acceptors (Lipinski definition) is 8. The van der Waals surface area contributed by atoms with Crippen molar-refractivity contribution in [2.45, 2.75) is 25.9 Å². The van der Waals surface area contributed by atoms with Gasteiger partial charge in [-0.15, -0.1) is 0 Å². The monoisotopic (exact) mass is 444 g/mol. The van der Waals surface area contributed by atoms with Gasteiger partial charge < -0.3 is 19.5 Å². The van der Waals surface area contributed by atoms with Crippen LogP contribution >= 0.6 is 0 Å². The molecule has 1 amide bonds. The Morgan fingerprint density at radius 2 is 2.06 bits per heavy atom. The maximum Gasteiger partial charge on any atom is 0.222 e. The van der Waals surface area contributed by atoms with Gasteiger partial charge in [-0.3, -0.25) is 9.78 Å². The van der Waals surface area contributed by atoms with E-state index in [0.717, 1.165) is 24.1 Å². The van der Waals surface area contributed by atoms with Crippen molar-refractivity contribution in [3.63, 3.8) is 0 Å². The number of fused-ring (bicyclic) bond motifs is 1. The maximum atomic E-state index is 12.0. The quantitative estimate of drug-likeness (QED) is 0.441. The van der Waals surface area contributed by atoms with Gasteiger partial charge in [-0.05, 0) is 24.1 Å². The van der Waals surface area contributed by atoms with E-state index in [1.807, 2.05) is 33.9 Å². The number of nitrogens with zero attached hydrogens (tertiary/aromatic N) is 7.